The smallest absolute Gasteiger partial charge is 0.340 e. The summed E-state index contributed by atoms with van der Waals surface area (Å²) in [7, 11) is 3.99. The third kappa shape index (κ3) is 4.55. The summed E-state index contributed by atoms with van der Waals surface area (Å²) in [6.07, 6.45) is 2.75. The minimum atomic E-state index is -0.455. The van der Waals surface area contributed by atoms with Crippen LogP contribution in [0, 0.1) is 6.92 Å². The van der Waals surface area contributed by atoms with Crippen LogP contribution in [0.2, 0.25) is 0 Å². The van der Waals surface area contributed by atoms with Gasteiger partial charge in [0.05, 0.1) is 12.0 Å². The number of carbonyl (C=O) groups is 1. The first kappa shape index (κ1) is 20.4. The molecule has 1 aromatic heterocycles. The summed E-state index contributed by atoms with van der Waals surface area (Å²) in [6, 6.07) is 3.85. The first-order valence-electron chi connectivity index (χ1n) is 9.86. The molecule has 3 rings (SSSR count). The standard InChI is InChI=1S/C22H30N2O4/c1-14-16-11-15-7-8-22(2,3)28-18(15)13-19(16)27-21(26)17(14)12-20(25)23-9-6-10-24(4)5/h11,13H,6-10,12H2,1-5H3,(H,23,25). The van der Waals surface area contributed by atoms with Crippen molar-refractivity contribution in [3.8, 4) is 5.75 Å². The molecular formula is C22H30N2O4. The van der Waals surface area contributed by atoms with E-state index in [1.807, 2.05) is 33.2 Å². The van der Waals surface area contributed by atoms with E-state index in [1.54, 1.807) is 0 Å². The number of carbonyl (C=O) groups excluding carboxylic acids is 1. The second kappa shape index (κ2) is 7.95. The molecule has 2 aromatic rings. The van der Waals surface area contributed by atoms with Crippen LogP contribution in [-0.4, -0.2) is 43.6 Å². The van der Waals surface area contributed by atoms with Crippen LogP contribution in [0.4, 0.5) is 0 Å². The number of rotatable bonds is 6. The number of hydrogen-bond donors (Lipinski definition) is 1. The van der Waals surface area contributed by atoms with Crippen molar-refractivity contribution < 1.29 is 13.9 Å². The Morgan fingerprint density at radius 3 is 2.75 bits per heavy atom. The lowest BCUT2D eigenvalue weighted by Crippen LogP contribution is -2.32. The molecule has 1 aliphatic rings. The van der Waals surface area contributed by atoms with E-state index < -0.39 is 5.63 Å². The van der Waals surface area contributed by atoms with Crippen molar-refractivity contribution in [3.05, 3.63) is 39.2 Å². The maximum atomic E-state index is 12.5. The Morgan fingerprint density at radius 2 is 2.04 bits per heavy atom. The van der Waals surface area contributed by atoms with Crippen LogP contribution in [0.15, 0.2) is 21.3 Å². The van der Waals surface area contributed by atoms with Crippen molar-refractivity contribution in [2.45, 2.75) is 52.1 Å². The number of ether oxygens (including phenoxy) is 1. The normalized spacial score (nSPS) is 15.4. The fourth-order valence-electron chi connectivity index (χ4n) is 3.59. The molecule has 6 heteroatoms. The van der Waals surface area contributed by atoms with E-state index in [0.717, 1.165) is 48.1 Å². The molecule has 0 radical (unpaired) electrons. The van der Waals surface area contributed by atoms with Crippen molar-refractivity contribution in [1.82, 2.24) is 10.2 Å². The van der Waals surface area contributed by atoms with E-state index in [4.69, 9.17) is 9.15 Å². The van der Waals surface area contributed by atoms with E-state index in [1.165, 1.54) is 0 Å². The van der Waals surface area contributed by atoms with Crippen LogP contribution in [0.1, 0.15) is 43.4 Å². The molecule has 1 amide bonds. The first-order valence-corrected chi connectivity index (χ1v) is 9.86. The number of benzene rings is 1. The Bertz CT molecular complexity index is 944. The molecule has 0 atom stereocenters. The van der Waals surface area contributed by atoms with Crippen molar-refractivity contribution in [1.29, 1.82) is 0 Å². The predicted octanol–water partition coefficient (Wildman–Crippen LogP) is 2.82. The number of nitrogens with one attached hydrogen (secondary N) is 1. The van der Waals surface area contributed by atoms with Gasteiger partial charge in [0.25, 0.3) is 0 Å². The fourth-order valence-corrected chi connectivity index (χ4v) is 3.59. The van der Waals surface area contributed by atoms with Crippen LogP contribution in [0.3, 0.4) is 0 Å². The molecule has 152 valence electrons. The number of amides is 1. The molecule has 0 aliphatic carbocycles. The maximum Gasteiger partial charge on any atom is 0.340 e. The molecule has 2 heterocycles. The zero-order valence-electron chi connectivity index (χ0n) is 17.5. The van der Waals surface area contributed by atoms with E-state index in [0.29, 0.717) is 17.7 Å². The van der Waals surface area contributed by atoms with Gasteiger partial charge in [-0.1, -0.05) is 0 Å². The third-order valence-corrected chi connectivity index (χ3v) is 5.29. The van der Waals surface area contributed by atoms with Gasteiger partial charge in [0.1, 0.15) is 16.9 Å². The molecule has 6 nitrogen and oxygen atoms in total. The lowest BCUT2D eigenvalue weighted by atomic mass is 9.92. The largest absolute Gasteiger partial charge is 0.487 e. The Morgan fingerprint density at radius 1 is 1.29 bits per heavy atom. The monoisotopic (exact) mass is 386 g/mol. The second-order valence-corrected chi connectivity index (χ2v) is 8.49. The zero-order valence-corrected chi connectivity index (χ0v) is 17.5. The van der Waals surface area contributed by atoms with Gasteiger partial charge in [-0.05, 0) is 77.9 Å². The highest BCUT2D eigenvalue weighted by Crippen LogP contribution is 2.36. The SMILES string of the molecule is Cc1c(CC(=O)NCCCN(C)C)c(=O)oc2cc3c(cc12)CCC(C)(C)O3. The molecule has 1 aromatic carbocycles. The molecule has 0 saturated carbocycles. The third-order valence-electron chi connectivity index (χ3n) is 5.29. The van der Waals surface area contributed by atoms with E-state index in [9.17, 15) is 9.59 Å². The predicted molar refractivity (Wildman–Crippen MR) is 110 cm³/mol. The maximum absolute atomic E-state index is 12.5. The van der Waals surface area contributed by atoms with Crippen LogP contribution in [0.25, 0.3) is 11.0 Å². The molecular weight excluding hydrogens is 356 g/mol. The molecule has 28 heavy (non-hydrogen) atoms. The number of hydrogen-bond acceptors (Lipinski definition) is 5. The average molecular weight is 386 g/mol. The van der Waals surface area contributed by atoms with Gasteiger partial charge in [-0.3, -0.25) is 4.79 Å². The second-order valence-electron chi connectivity index (χ2n) is 8.49. The fraction of sp³-hybridized carbons (Fsp3) is 0.545. The summed E-state index contributed by atoms with van der Waals surface area (Å²) in [5.41, 5.74) is 2.18. The highest BCUT2D eigenvalue weighted by Gasteiger charge is 2.27. The lowest BCUT2D eigenvalue weighted by molar-refractivity contribution is -0.120. The molecule has 0 fully saturated rings. The molecule has 1 aliphatic heterocycles. The van der Waals surface area contributed by atoms with Gasteiger partial charge in [0.15, 0.2) is 0 Å². The summed E-state index contributed by atoms with van der Waals surface area (Å²) in [5.74, 6) is 0.620. The Labute approximate surface area is 165 Å². The summed E-state index contributed by atoms with van der Waals surface area (Å²) in [5, 5.41) is 3.75. The molecule has 0 saturated heterocycles. The molecule has 0 bridgehead atoms. The Balaban J connectivity index is 1.82. The van der Waals surface area contributed by atoms with Gasteiger partial charge < -0.3 is 19.4 Å². The van der Waals surface area contributed by atoms with Crippen molar-refractivity contribution in [2.24, 2.45) is 0 Å². The van der Waals surface area contributed by atoms with Gasteiger partial charge in [0, 0.05) is 18.0 Å². The quantitative estimate of drug-likeness (QED) is 0.611. The van der Waals surface area contributed by atoms with Crippen LogP contribution in [0.5, 0.6) is 5.75 Å². The minimum Gasteiger partial charge on any atom is -0.487 e. The number of nitrogens with zero attached hydrogens (tertiary/aromatic N) is 1. The first-order chi connectivity index (χ1) is 13.2. The highest BCUT2D eigenvalue weighted by atomic mass is 16.5. The van der Waals surface area contributed by atoms with Crippen LogP contribution >= 0.6 is 0 Å². The van der Waals surface area contributed by atoms with Crippen LogP contribution in [-0.2, 0) is 17.6 Å². The molecule has 1 N–H and O–H groups in total. The number of aryl methyl sites for hydroxylation is 2. The average Bonchev–Trinajstić information content (AvgIpc) is 2.60. The van der Waals surface area contributed by atoms with Gasteiger partial charge in [-0.2, -0.15) is 0 Å². The van der Waals surface area contributed by atoms with E-state index >= 15 is 0 Å². The van der Waals surface area contributed by atoms with Crippen molar-refractivity contribution >= 4 is 16.9 Å². The topological polar surface area (TPSA) is 71.8 Å². The summed E-state index contributed by atoms with van der Waals surface area (Å²) in [6.45, 7) is 7.49. The van der Waals surface area contributed by atoms with Crippen molar-refractivity contribution in [2.75, 3.05) is 27.2 Å². The van der Waals surface area contributed by atoms with Gasteiger partial charge in [-0.15, -0.1) is 0 Å². The molecule has 0 unspecified atom stereocenters. The Hall–Kier alpha value is -2.34. The molecule has 0 spiro atoms. The van der Waals surface area contributed by atoms with Crippen LogP contribution < -0.4 is 15.7 Å². The van der Waals surface area contributed by atoms with Crippen molar-refractivity contribution in [3.63, 3.8) is 0 Å². The van der Waals surface area contributed by atoms with Gasteiger partial charge >= 0.3 is 5.63 Å². The summed E-state index contributed by atoms with van der Waals surface area (Å²) in [4.78, 5) is 26.9. The van der Waals surface area contributed by atoms with E-state index in [-0.39, 0.29) is 17.9 Å². The lowest BCUT2D eigenvalue weighted by Gasteiger charge is -2.32. The zero-order chi connectivity index (χ0) is 20.5. The minimum absolute atomic E-state index is 0.0344. The van der Waals surface area contributed by atoms with Gasteiger partial charge in [0.2, 0.25) is 5.91 Å². The Kier molecular flexibility index (Phi) is 5.79. The summed E-state index contributed by atoms with van der Waals surface area (Å²) < 4.78 is 11.6. The van der Waals surface area contributed by atoms with E-state index in [2.05, 4.69) is 24.1 Å². The highest BCUT2D eigenvalue weighted by molar-refractivity contribution is 5.86. The van der Waals surface area contributed by atoms with Gasteiger partial charge in [-0.25, -0.2) is 4.79 Å². The number of fused-ring (bicyclic) bond motifs is 2. The summed E-state index contributed by atoms with van der Waals surface area (Å²) >= 11 is 0.